The van der Waals surface area contributed by atoms with Gasteiger partial charge < -0.3 is 14.0 Å². The molecule has 7 rings (SSSR count). The molecule has 1 aliphatic rings. The predicted molar refractivity (Wildman–Crippen MR) is 189 cm³/mol. The summed E-state index contributed by atoms with van der Waals surface area (Å²) in [6.07, 6.45) is -1.55. The van der Waals surface area contributed by atoms with Gasteiger partial charge in [0.1, 0.15) is 11.8 Å². The van der Waals surface area contributed by atoms with E-state index >= 15 is 0 Å². The highest BCUT2D eigenvalue weighted by Crippen LogP contribution is 2.43. The Bertz CT molecular complexity index is 2550. The van der Waals surface area contributed by atoms with Crippen molar-refractivity contribution in [3.05, 3.63) is 143 Å². The van der Waals surface area contributed by atoms with Gasteiger partial charge in [0.05, 0.1) is 33.9 Å². The lowest BCUT2D eigenvalue weighted by atomic mass is 9.90. The number of esters is 1. The second kappa shape index (κ2) is 13.1. The molecule has 3 heterocycles. The number of fused-ring (bicyclic) bond motifs is 3. The monoisotopic (exact) mass is 735 g/mol. The van der Waals surface area contributed by atoms with Crippen LogP contribution in [-0.2, 0) is 16.1 Å². The Labute approximate surface area is 296 Å². The zero-order valence-corrected chi connectivity index (χ0v) is 28.8. The number of hydrogen-bond acceptors (Lipinski definition) is 6. The molecule has 2 aromatic heterocycles. The molecule has 1 atom stereocenters. The van der Waals surface area contributed by atoms with E-state index in [9.17, 15) is 22.8 Å². The number of thiazole rings is 1. The average molecular weight is 737 g/mol. The van der Waals surface area contributed by atoms with E-state index in [4.69, 9.17) is 32.7 Å². The summed E-state index contributed by atoms with van der Waals surface area (Å²) in [6, 6.07) is 21.7. The van der Waals surface area contributed by atoms with E-state index in [0.29, 0.717) is 32.9 Å². The van der Waals surface area contributed by atoms with Crippen LogP contribution in [0.25, 0.3) is 27.8 Å². The topological polar surface area (TPSA) is 74.8 Å². The minimum Gasteiger partial charge on any atom is -0.496 e. The lowest BCUT2D eigenvalue weighted by Crippen LogP contribution is -2.41. The van der Waals surface area contributed by atoms with Crippen LogP contribution < -0.4 is 19.6 Å². The van der Waals surface area contributed by atoms with Crippen molar-refractivity contribution >= 4 is 68.3 Å². The zero-order valence-electron chi connectivity index (χ0n) is 26.4. The Kier molecular flexibility index (Phi) is 8.83. The van der Waals surface area contributed by atoms with Crippen molar-refractivity contribution in [2.45, 2.75) is 25.7 Å². The van der Waals surface area contributed by atoms with Crippen LogP contribution in [0.5, 0.6) is 5.75 Å². The molecule has 0 aliphatic carbocycles. The number of alkyl halides is 3. The number of carbonyl (C=O) groups is 1. The van der Waals surface area contributed by atoms with Gasteiger partial charge in [0.25, 0.3) is 5.56 Å². The van der Waals surface area contributed by atoms with E-state index in [0.717, 1.165) is 32.4 Å². The maximum absolute atomic E-state index is 14.8. The van der Waals surface area contributed by atoms with Gasteiger partial charge >= 0.3 is 12.1 Å². The first-order chi connectivity index (χ1) is 24.0. The Hall–Kier alpha value is -4.84. The Morgan fingerprint density at radius 3 is 2.46 bits per heavy atom. The highest BCUT2D eigenvalue weighted by atomic mass is 35.5. The maximum Gasteiger partial charge on any atom is 0.434 e. The van der Waals surface area contributed by atoms with Crippen LogP contribution in [0, 0.1) is 0 Å². The second-order valence-electron chi connectivity index (χ2n) is 11.4. The van der Waals surface area contributed by atoms with E-state index in [1.165, 1.54) is 14.0 Å². The van der Waals surface area contributed by atoms with Gasteiger partial charge in [-0.2, -0.15) is 13.2 Å². The summed E-state index contributed by atoms with van der Waals surface area (Å²) in [7, 11) is 1.38. The average Bonchev–Trinajstić information content (AvgIpc) is 3.60. The number of allylic oxidation sites excluding steroid dienone is 1. The van der Waals surface area contributed by atoms with Crippen LogP contribution in [0.15, 0.2) is 106 Å². The molecule has 0 bridgehead atoms. The molecule has 0 fully saturated rings. The second-order valence-corrected chi connectivity index (χ2v) is 13.3. The van der Waals surface area contributed by atoms with Crippen molar-refractivity contribution in [1.82, 2.24) is 9.13 Å². The third kappa shape index (κ3) is 5.89. The van der Waals surface area contributed by atoms with Crippen LogP contribution in [0.2, 0.25) is 10.0 Å². The van der Waals surface area contributed by atoms with Crippen molar-refractivity contribution in [2.75, 3.05) is 13.7 Å². The van der Waals surface area contributed by atoms with Crippen molar-refractivity contribution in [3.63, 3.8) is 0 Å². The Morgan fingerprint density at radius 1 is 1.00 bits per heavy atom. The van der Waals surface area contributed by atoms with E-state index in [-0.39, 0.29) is 27.3 Å². The molecule has 13 heteroatoms. The molecule has 0 N–H and O–H groups in total. The smallest absolute Gasteiger partial charge is 0.434 e. The van der Waals surface area contributed by atoms with Crippen molar-refractivity contribution in [1.29, 1.82) is 0 Å². The molecule has 0 unspecified atom stereocenters. The molecular weight excluding hydrogens is 710 g/mol. The lowest BCUT2D eigenvalue weighted by Gasteiger charge is -2.28. The summed E-state index contributed by atoms with van der Waals surface area (Å²) in [5, 5.41) is 2.84. The van der Waals surface area contributed by atoms with Crippen molar-refractivity contribution in [3.8, 4) is 5.75 Å². The molecule has 254 valence electrons. The number of methoxy groups -OCH3 is 1. The maximum atomic E-state index is 14.8. The third-order valence-electron chi connectivity index (χ3n) is 8.46. The van der Waals surface area contributed by atoms with E-state index in [1.54, 1.807) is 54.6 Å². The third-order valence-corrected chi connectivity index (χ3v) is 10.2. The molecular formula is C37H26Cl2F3N3O4S. The molecule has 1 aliphatic heterocycles. The molecule has 0 saturated carbocycles. The zero-order chi connectivity index (χ0) is 35.3. The van der Waals surface area contributed by atoms with E-state index in [1.807, 2.05) is 41.1 Å². The number of benzene rings is 4. The molecule has 0 spiro atoms. The summed E-state index contributed by atoms with van der Waals surface area (Å²) >= 11 is 13.2. The van der Waals surface area contributed by atoms with E-state index < -0.39 is 35.0 Å². The largest absolute Gasteiger partial charge is 0.496 e. The fraction of sp³-hybridized carbons (Fsp3) is 0.162. The normalized spacial score (nSPS) is 15.0. The lowest BCUT2D eigenvalue weighted by molar-refractivity contribution is -0.140. The number of rotatable bonds is 7. The van der Waals surface area contributed by atoms with Gasteiger partial charge in [0.2, 0.25) is 0 Å². The number of carbonyl (C=O) groups excluding carboxylic acids is 1. The van der Waals surface area contributed by atoms with Crippen LogP contribution in [0.4, 0.5) is 13.2 Å². The van der Waals surface area contributed by atoms with Gasteiger partial charge in [-0.3, -0.25) is 9.36 Å². The summed E-state index contributed by atoms with van der Waals surface area (Å²) in [5.74, 6) is -1.04. The SMILES string of the molecule is CCOC(=O)C1=C(C(F)(F)F)N=c2s/c(=C/c3cn(Cc4ccc(Cl)c(Cl)c4)c4ccccc34)c(=O)n2[C@@H]1c1c(OC)ccc2ccccc12. The van der Waals surface area contributed by atoms with Crippen LogP contribution in [0.1, 0.15) is 29.7 Å². The molecule has 0 amide bonds. The number of halogens is 5. The van der Waals surface area contributed by atoms with Crippen LogP contribution in [0.3, 0.4) is 0 Å². The molecule has 0 saturated heterocycles. The Balaban J connectivity index is 1.49. The fourth-order valence-electron chi connectivity index (χ4n) is 6.35. The van der Waals surface area contributed by atoms with Gasteiger partial charge in [0, 0.05) is 34.8 Å². The summed E-state index contributed by atoms with van der Waals surface area (Å²) in [4.78, 5) is 31.7. The van der Waals surface area contributed by atoms with Crippen molar-refractivity contribution in [2.24, 2.45) is 4.99 Å². The van der Waals surface area contributed by atoms with Gasteiger partial charge in [-0.25, -0.2) is 9.79 Å². The molecule has 6 aromatic rings. The number of para-hydroxylation sites is 1. The highest BCUT2D eigenvalue weighted by molar-refractivity contribution is 7.07. The van der Waals surface area contributed by atoms with E-state index in [2.05, 4.69) is 4.99 Å². The number of nitrogens with zero attached hydrogens (tertiary/aromatic N) is 3. The highest BCUT2D eigenvalue weighted by Gasteiger charge is 2.46. The summed E-state index contributed by atoms with van der Waals surface area (Å²) in [5.41, 5.74) is -0.241. The number of hydrogen-bond donors (Lipinski definition) is 0. The standard InChI is InChI=1S/C37H26Cl2F3N3O4S/c1-3-49-35(47)31-32(30-24-10-5-4-8-21(24)13-15-28(30)48-2)45-34(46)29(50-36(45)43-33(31)37(40,41)42)17-22-19-44(27-11-7-6-9-23(22)27)18-20-12-14-25(38)26(39)16-20/h4-17,19,32H,3,18H2,1-2H3/b29-17+/t32-/m1/s1. The number of ether oxygens (including phenoxy) is 2. The molecule has 7 nitrogen and oxygen atoms in total. The first-order valence-corrected chi connectivity index (χ1v) is 16.9. The van der Waals surface area contributed by atoms with Gasteiger partial charge in [0.15, 0.2) is 10.5 Å². The first-order valence-electron chi connectivity index (χ1n) is 15.4. The summed E-state index contributed by atoms with van der Waals surface area (Å²) < 4.78 is 58.6. The molecule has 4 aromatic carbocycles. The first kappa shape index (κ1) is 33.6. The van der Waals surface area contributed by atoms with Crippen LogP contribution in [-0.4, -0.2) is 35.0 Å². The van der Waals surface area contributed by atoms with Crippen molar-refractivity contribution < 1.29 is 27.4 Å². The number of aromatic nitrogens is 2. The fourth-order valence-corrected chi connectivity index (χ4v) is 7.66. The Morgan fingerprint density at radius 2 is 1.74 bits per heavy atom. The minimum absolute atomic E-state index is 0.122. The minimum atomic E-state index is -5.05. The molecule has 0 radical (unpaired) electrons. The van der Waals surface area contributed by atoms with Crippen LogP contribution >= 0.6 is 34.5 Å². The molecule has 50 heavy (non-hydrogen) atoms. The van der Waals surface area contributed by atoms with Gasteiger partial charge in [-0.05, 0) is 53.6 Å². The predicted octanol–water partition coefficient (Wildman–Crippen LogP) is 7.81. The quantitative estimate of drug-likeness (QED) is 0.157. The van der Waals surface area contributed by atoms with Gasteiger partial charge in [-0.15, -0.1) is 0 Å². The summed E-state index contributed by atoms with van der Waals surface area (Å²) in [6.45, 7) is 1.74. The van der Waals surface area contributed by atoms with Gasteiger partial charge in [-0.1, -0.05) is 89.1 Å².